The van der Waals surface area contributed by atoms with Crippen molar-refractivity contribution in [1.29, 1.82) is 0 Å². The summed E-state index contributed by atoms with van der Waals surface area (Å²) in [4.78, 5) is 12.3. The SMILES string of the molecule is COc1ccc(OC)c(C(O)CNC(=O)c2cc(N)ccc2C)c1. The van der Waals surface area contributed by atoms with Gasteiger partial charge >= 0.3 is 0 Å². The second-order valence-electron chi connectivity index (χ2n) is 5.41. The van der Waals surface area contributed by atoms with Gasteiger partial charge in [0.05, 0.1) is 14.2 Å². The third kappa shape index (κ3) is 3.97. The highest BCUT2D eigenvalue weighted by Crippen LogP contribution is 2.29. The van der Waals surface area contributed by atoms with E-state index in [0.29, 0.717) is 28.3 Å². The maximum atomic E-state index is 12.3. The summed E-state index contributed by atoms with van der Waals surface area (Å²) in [5, 5.41) is 13.1. The summed E-state index contributed by atoms with van der Waals surface area (Å²) in [5.41, 5.74) is 8.08. The molecule has 6 nitrogen and oxygen atoms in total. The second-order valence-corrected chi connectivity index (χ2v) is 5.41. The second kappa shape index (κ2) is 7.70. The number of aryl methyl sites for hydroxylation is 1. The first-order valence-corrected chi connectivity index (χ1v) is 7.50. The number of nitrogen functional groups attached to an aromatic ring is 1. The Labute approximate surface area is 141 Å². The number of anilines is 1. The van der Waals surface area contributed by atoms with Gasteiger partial charge in [0.2, 0.25) is 0 Å². The minimum Gasteiger partial charge on any atom is -0.497 e. The number of rotatable bonds is 6. The number of hydrogen-bond acceptors (Lipinski definition) is 5. The van der Waals surface area contributed by atoms with Crippen LogP contribution in [0.3, 0.4) is 0 Å². The van der Waals surface area contributed by atoms with E-state index in [-0.39, 0.29) is 12.5 Å². The molecule has 0 saturated carbocycles. The number of amides is 1. The number of aliphatic hydroxyl groups is 1. The number of methoxy groups -OCH3 is 2. The molecule has 2 aromatic carbocycles. The van der Waals surface area contributed by atoms with Gasteiger partial charge in [-0.05, 0) is 42.8 Å². The number of ether oxygens (including phenoxy) is 2. The molecule has 0 aromatic heterocycles. The summed E-state index contributed by atoms with van der Waals surface area (Å²) < 4.78 is 10.4. The van der Waals surface area contributed by atoms with Crippen molar-refractivity contribution in [3.63, 3.8) is 0 Å². The quantitative estimate of drug-likeness (QED) is 0.705. The van der Waals surface area contributed by atoms with Crippen LogP contribution in [0.4, 0.5) is 5.69 Å². The molecule has 6 heteroatoms. The fourth-order valence-electron chi connectivity index (χ4n) is 2.38. The van der Waals surface area contributed by atoms with Crippen molar-refractivity contribution in [3.05, 3.63) is 53.1 Å². The third-order valence-corrected chi connectivity index (χ3v) is 3.76. The summed E-state index contributed by atoms with van der Waals surface area (Å²) in [7, 11) is 3.06. The van der Waals surface area contributed by atoms with Crippen molar-refractivity contribution in [2.24, 2.45) is 0 Å². The van der Waals surface area contributed by atoms with E-state index in [1.807, 2.05) is 6.92 Å². The number of carbonyl (C=O) groups excluding carboxylic acids is 1. The van der Waals surface area contributed by atoms with Crippen LogP contribution in [0.5, 0.6) is 11.5 Å². The Morgan fingerprint density at radius 1 is 1.21 bits per heavy atom. The van der Waals surface area contributed by atoms with E-state index in [1.54, 1.807) is 43.5 Å². The van der Waals surface area contributed by atoms with E-state index in [9.17, 15) is 9.90 Å². The van der Waals surface area contributed by atoms with Gasteiger partial charge in [0.1, 0.15) is 17.6 Å². The minimum atomic E-state index is -0.930. The highest BCUT2D eigenvalue weighted by molar-refractivity contribution is 5.96. The molecule has 24 heavy (non-hydrogen) atoms. The van der Waals surface area contributed by atoms with Crippen LogP contribution in [0.25, 0.3) is 0 Å². The van der Waals surface area contributed by atoms with Gasteiger partial charge in [-0.3, -0.25) is 4.79 Å². The van der Waals surface area contributed by atoms with Crippen LogP contribution in [0.2, 0.25) is 0 Å². The van der Waals surface area contributed by atoms with Crippen LogP contribution >= 0.6 is 0 Å². The number of hydrogen-bond donors (Lipinski definition) is 3. The number of nitrogens with one attached hydrogen (secondary N) is 1. The molecule has 0 fully saturated rings. The van der Waals surface area contributed by atoms with Crippen molar-refractivity contribution in [3.8, 4) is 11.5 Å². The first-order chi connectivity index (χ1) is 11.5. The van der Waals surface area contributed by atoms with E-state index in [2.05, 4.69) is 5.32 Å². The number of aliphatic hydroxyl groups excluding tert-OH is 1. The lowest BCUT2D eigenvalue weighted by Gasteiger charge is -2.17. The predicted molar refractivity (Wildman–Crippen MR) is 92.4 cm³/mol. The van der Waals surface area contributed by atoms with Crippen molar-refractivity contribution in [1.82, 2.24) is 5.32 Å². The van der Waals surface area contributed by atoms with Crippen molar-refractivity contribution >= 4 is 11.6 Å². The summed E-state index contributed by atoms with van der Waals surface area (Å²) in [6.45, 7) is 1.87. The van der Waals surface area contributed by atoms with Gasteiger partial charge in [-0.25, -0.2) is 0 Å². The maximum Gasteiger partial charge on any atom is 0.251 e. The van der Waals surface area contributed by atoms with E-state index in [0.717, 1.165) is 5.56 Å². The van der Waals surface area contributed by atoms with E-state index >= 15 is 0 Å². The molecule has 0 saturated heterocycles. The molecule has 1 unspecified atom stereocenters. The van der Waals surface area contributed by atoms with E-state index in [4.69, 9.17) is 15.2 Å². The van der Waals surface area contributed by atoms with Crippen LogP contribution < -0.4 is 20.5 Å². The summed E-state index contributed by atoms with van der Waals surface area (Å²) >= 11 is 0. The average molecular weight is 330 g/mol. The molecule has 128 valence electrons. The Morgan fingerprint density at radius 2 is 1.96 bits per heavy atom. The van der Waals surface area contributed by atoms with Gasteiger partial charge in [0.25, 0.3) is 5.91 Å². The zero-order valence-electron chi connectivity index (χ0n) is 14.0. The van der Waals surface area contributed by atoms with Gasteiger partial charge < -0.3 is 25.6 Å². The molecule has 2 aromatic rings. The summed E-state index contributed by atoms with van der Waals surface area (Å²) in [5.74, 6) is 0.834. The van der Waals surface area contributed by atoms with Gasteiger partial charge in [-0.2, -0.15) is 0 Å². The van der Waals surface area contributed by atoms with Gasteiger partial charge in [0, 0.05) is 23.4 Å². The normalized spacial score (nSPS) is 11.7. The zero-order chi connectivity index (χ0) is 17.7. The topological polar surface area (TPSA) is 93.8 Å². The smallest absolute Gasteiger partial charge is 0.251 e. The molecule has 1 amide bonds. The van der Waals surface area contributed by atoms with Crippen LogP contribution in [-0.4, -0.2) is 31.8 Å². The molecule has 0 aliphatic carbocycles. The molecule has 0 heterocycles. The Morgan fingerprint density at radius 3 is 2.62 bits per heavy atom. The third-order valence-electron chi connectivity index (χ3n) is 3.76. The molecule has 0 aliphatic heterocycles. The molecule has 0 bridgehead atoms. The van der Waals surface area contributed by atoms with Crippen LogP contribution in [0.15, 0.2) is 36.4 Å². The molecule has 0 aliphatic rings. The first-order valence-electron chi connectivity index (χ1n) is 7.50. The zero-order valence-corrected chi connectivity index (χ0v) is 14.0. The molecule has 1 atom stereocenters. The molecule has 0 spiro atoms. The predicted octanol–water partition coefficient (Wildman–Crippen LogP) is 2.06. The Balaban J connectivity index is 2.11. The van der Waals surface area contributed by atoms with Crippen LogP contribution in [-0.2, 0) is 0 Å². The lowest BCUT2D eigenvalue weighted by atomic mass is 10.1. The molecule has 0 radical (unpaired) electrons. The summed E-state index contributed by atoms with van der Waals surface area (Å²) in [6, 6.07) is 10.3. The number of benzene rings is 2. The molecular formula is C18H22N2O4. The highest BCUT2D eigenvalue weighted by Gasteiger charge is 2.17. The van der Waals surface area contributed by atoms with Crippen LogP contribution in [0.1, 0.15) is 27.6 Å². The Hall–Kier alpha value is -2.73. The highest BCUT2D eigenvalue weighted by atomic mass is 16.5. The fraction of sp³-hybridized carbons (Fsp3) is 0.278. The Kier molecular flexibility index (Phi) is 5.65. The largest absolute Gasteiger partial charge is 0.497 e. The van der Waals surface area contributed by atoms with Gasteiger partial charge in [0.15, 0.2) is 0 Å². The lowest BCUT2D eigenvalue weighted by Crippen LogP contribution is -2.29. The average Bonchev–Trinajstić information content (AvgIpc) is 2.60. The number of carbonyl (C=O) groups is 1. The minimum absolute atomic E-state index is 0.0383. The van der Waals surface area contributed by atoms with Crippen molar-refractivity contribution in [2.75, 3.05) is 26.5 Å². The van der Waals surface area contributed by atoms with Gasteiger partial charge in [-0.15, -0.1) is 0 Å². The molecule has 2 rings (SSSR count). The summed E-state index contributed by atoms with van der Waals surface area (Å²) in [6.07, 6.45) is -0.930. The van der Waals surface area contributed by atoms with Crippen molar-refractivity contribution < 1.29 is 19.4 Å². The fourth-order valence-corrected chi connectivity index (χ4v) is 2.38. The Bertz CT molecular complexity index is 731. The molecular weight excluding hydrogens is 308 g/mol. The molecule has 4 N–H and O–H groups in total. The van der Waals surface area contributed by atoms with Crippen LogP contribution in [0, 0.1) is 6.92 Å². The van der Waals surface area contributed by atoms with E-state index < -0.39 is 6.10 Å². The maximum absolute atomic E-state index is 12.3. The monoisotopic (exact) mass is 330 g/mol. The lowest BCUT2D eigenvalue weighted by molar-refractivity contribution is 0.0914. The number of nitrogens with two attached hydrogens (primary N) is 1. The standard InChI is InChI=1S/C18H22N2O4/c1-11-4-5-12(19)8-14(11)18(22)20-10-16(21)15-9-13(23-2)6-7-17(15)24-3/h4-9,16,21H,10,19H2,1-3H3,(H,20,22). The first kappa shape index (κ1) is 17.6. The van der Waals surface area contributed by atoms with Gasteiger partial charge in [-0.1, -0.05) is 6.07 Å². The van der Waals surface area contributed by atoms with E-state index in [1.165, 1.54) is 7.11 Å². The van der Waals surface area contributed by atoms with Crippen molar-refractivity contribution in [2.45, 2.75) is 13.0 Å².